The Kier molecular flexibility index (Phi) is 5.26. The summed E-state index contributed by atoms with van der Waals surface area (Å²) in [4.78, 5) is 29.7. The Morgan fingerprint density at radius 2 is 1.86 bits per heavy atom. The number of carbonyl (C=O) groups is 2. The van der Waals surface area contributed by atoms with Gasteiger partial charge < -0.3 is 0 Å². The van der Waals surface area contributed by atoms with Crippen LogP contribution >= 0.6 is 0 Å². The quantitative estimate of drug-likeness (QED) is 0.823. The van der Waals surface area contributed by atoms with Crippen LogP contribution in [0.5, 0.6) is 0 Å². The number of piperazine rings is 1. The maximum atomic E-state index is 13.9. The first-order valence-corrected chi connectivity index (χ1v) is 10.00. The second kappa shape index (κ2) is 7.72. The molecule has 2 fully saturated rings. The molecule has 156 valence electrons. The smallest absolute Gasteiger partial charge is 0.298 e. The lowest BCUT2D eigenvalue weighted by Gasteiger charge is -2.36. The number of urea groups is 1. The number of pyridine rings is 1. The van der Waals surface area contributed by atoms with Crippen molar-refractivity contribution in [3.05, 3.63) is 30.1 Å². The average molecular weight is 402 g/mol. The van der Waals surface area contributed by atoms with E-state index >= 15 is 0 Å². The summed E-state index contributed by atoms with van der Waals surface area (Å²) in [6, 6.07) is 3.66. The fourth-order valence-corrected chi connectivity index (χ4v) is 4.01. The van der Waals surface area contributed by atoms with E-state index in [1.807, 2.05) is 18.3 Å². The van der Waals surface area contributed by atoms with Crippen molar-refractivity contribution < 1.29 is 14.0 Å². The highest BCUT2D eigenvalue weighted by molar-refractivity contribution is 6.07. The molecular formula is C20H27FN6O2. The first kappa shape index (κ1) is 19.8. The number of anilines is 1. The Bertz CT molecular complexity index is 913. The van der Waals surface area contributed by atoms with Crippen molar-refractivity contribution in [3.63, 3.8) is 0 Å². The molecule has 29 heavy (non-hydrogen) atoms. The van der Waals surface area contributed by atoms with Gasteiger partial charge in [0.2, 0.25) is 5.91 Å². The Morgan fingerprint density at radius 1 is 1.14 bits per heavy atom. The zero-order chi connectivity index (χ0) is 20.6. The van der Waals surface area contributed by atoms with Gasteiger partial charge in [-0.05, 0) is 31.5 Å². The van der Waals surface area contributed by atoms with Gasteiger partial charge in [-0.3, -0.25) is 24.8 Å². The number of fused-ring (bicyclic) bond motifs is 1. The van der Waals surface area contributed by atoms with Crippen molar-refractivity contribution >= 4 is 23.1 Å². The molecule has 2 aliphatic heterocycles. The van der Waals surface area contributed by atoms with Crippen LogP contribution in [0.4, 0.5) is 14.9 Å². The Labute approximate surface area is 169 Å². The van der Waals surface area contributed by atoms with Gasteiger partial charge in [0.25, 0.3) is 0 Å². The minimum atomic E-state index is -1.17. The molecular weight excluding hydrogens is 375 g/mol. The normalized spacial score (nSPS) is 19.8. The highest BCUT2D eigenvalue weighted by atomic mass is 19.1. The number of nitrogens with zero attached hydrogens (tertiary/aromatic N) is 5. The van der Waals surface area contributed by atoms with Gasteiger partial charge in [0.1, 0.15) is 5.67 Å². The van der Waals surface area contributed by atoms with E-state index in [9.17, 15) is 14.0 Å². The van der Waals surface area contributed by atoms with Gasteiger partial charge in [0.05, 0.1) is 17.4 Å². The molecule has 8 nitrogen and oxygen atoms in total. The fraction of sp³-hybridized carbons (Fsp3) is 0.550. The van der Waals surface area contributed by atoms with E-state index in [2.05, 4.69) is 20.2 Å². The molecule has 0 unspecified atom stereocenters. The Hall–Kier alpha value is -2.52. The van der Waals surface area contributed by atoms with Crippen LogP contribution in [0.3, 0.4) is 0 Å². The topological polar surface area (TPSA) is 73.2 Å². The lowest BCUT2D eigenvalue weighted by atomic mass is 10.1. The standard InChI is InChI=1S/C20H27FN6O2/c1-20(2,21)14-25-9-7-24(8-10-25)13-15-3-6-27-16(11-15)17(12-22-27)26-5-4-18(28)23-19(26)29/h3,6,11-12H,4-5,7-10,13-14H2,1-2H3,(H,23,28,29). The fourth-order valence-electron chi connectivity index (χ4n) is 4.01. The number of amides is 3. The molecule has 0 atom stereocenters. The summed E-state index contributed by atoms with van der Waals surface area (Å²) in [5.74, 6) is -0.251. The van der Waals surface area contributed by atoms with Crippen LogP contribution in [0, 0.1) is 0 Å². The first-order chi connectivity index (χ1) is 13.8. The molecule has 4 rings (SSSR count). The summed E-state index contributed by atoms with van der Waals surface area (Å²) in [5.41, 5.74) is 1.50. The predicted molar refractivity (Wildman–Crippen MR) is 108 cm³/mol. The molecule has 9 heteroatoms. The van der Waals surface area contributed by atoms with Gasteiger partial charge in [0.15, 0.2) is 0 Å². The van der Waals surface area contributed by atoms with Gasteiger partial charge in [-0.15, -0.1) is 0 Å². The van der Waals surface area contributed by atoms with Gasteiger partial charge in [-0.25, -0.2) is 13.7 Å². The highest BCUT2D eigenvalue weighted by Gasteiger charge is 2.27. The minimum absolute atomic E-state index is 0.251. The van der Waals surface area contributed by atoms with Gasteiger partial charge in [-0.2, -0.15) is 5.10 Å². The SMILES string of the molecule is CC(C)(F)CN1CCN(Cc2ccn3ncc(N4CCC(=O)NC4=O)c3c2)CC1. The molecule has 0 spiro atoms. The largest absolute Gasteiger partial charge is 0.328 e. The predicted octanol–water partition coefficient (Wildman–Crippen LogP) is 1.65. The molecule has 0 bridgehead atoms. The number of nitrogens with one attached hydrogen (secondary N) is 1. The van der Waals surface area contributed by atoms with Gasteiger partial charge >= 0.3 is 6.03 Å². The van der Waals surface area contributed by atoms with Crippen LogP contribution in [0.25, 0.3) is 5.52 Å². The lowest BCUT2D eigenvalue weighted by Crippen LogP contribution is -2.49. The molecule has 0 aromatic carbocycles. The second-order valence-corrected chi connectivity index (χ2v) is 8.42. The van der Waals surface area contributed by atoms with Crippen molar-refractivity contribution in [2.45, 2.75) is 32.5 Å². The summed E-state index contributed by atoms with van der Waals surface area (Å²) >= 11 is 0. The molecule has 2 saturated heterocycles. The van der Waals surface area contributed by atoms with Crippen molar-refractivity contribution in [1.29, 1.82) is 0 Å². The van der Waals surface area contributed by atoms with E-state index in [0.717, 1.165) is 43.8 Å². The number of rotatable bonds is 5. The minimum Gasteiger partial charge on any atom is -0.298 e. The monoisotopic (exact) mass is 402 g/mol. The number of halogens is 1. The van der Waals surface area contributed by atoms with Crippen LogP contribution in [0.1, 0.15) is 25.8 Å². The van der Waals surface area contributed by atoms with Crippen LogP contribution in [0.15, 0.2) is 24.5 Å². The number of carbonyl (C=O) groups excluding carboxylic acids is 2. The number of aromatic nitrogens is 2. The van der Waals surface area contributed by atoms with E-state index in [1.165, 1.54) is 0 Å². The van der Waals surface area contributed by atoms with Gasteiger partial charge in [0, 0.05) is 58.4 Å². The summed E-state index contributed by atoms with van der Waals surface area (Å²) in [6.07, 6.45) is 3.83. The molecule has 2 aromatic heterocycles. The first-order valence-electron chi connectivity index (χ1n) is 10.00. The highest BCUT2D eigenvalue weighted by Crippen LogP contribution is 2.25. The zero-order valence-electron chi connectivity index (χ0n) is 16.9. The maximum Gasteiger partial charge on any atom is 0.328 e. The number of hydrogen-bond donors (Lipinski definition) is 1. The number of imide groups is 1. The lowest BCUT2D eigenvalue weighted by molar-refractivity contribution is -0.120. The van der Waals surface area contributed by atoms with Crippen LogP contribution < -0.4 is 10.2 Å². The summed E-state index contributed by atoms with van der Waals surface area (Å²) in [7, 11) is 0. The maximum absolute atomic E-state index is 13.9. The molecule has 4 heterocycles. The molecule has 1 N–H and O–H groups in total. The molecule has 0 aliphatic carbocycles. The summed E-state index contributed by atoms with van der Waals surface area (Å²) in [5, 5.41) is 6.69. The van der Waals surface area contributed by atoms with Crippen LogP contribution in [-0.2, 0) is 11.3 Å². The van der Waals surface area contributed by atoms with E-state index in [1.54, 1.807) is 29.5 Å². The third-order valence-corrected chi connectivity index (χ3v) is 5.38. The third kappa shape index (κ3) is 4.56. The van der Waals surface area contributed by atoms with Crippen LogP contribution in [-0.4, -0.2) is 76.3 Å². The van der Waals surface area contributed by atoms with E-state index < -0.39 is 11.7 Å². The summed E-state index contributed by atoms with van der Waals surface area (Å²) in [6.45, 7) is 8.35. The molecule has 2 aliphatic rings. The molecule has 0 radical (unpaired) electrons. The molecule has 0 saturated carbocycles. The van der Waals surface area contributed by atoms with E-state index in [4.69, 9.17) is 0 Å². The average Bonchev–Trinajstić information content (AvgIpc) is 3.05. The van der Waals surface area contributed by atoms with Gasteiger partial charge in [-0.1, -0.05) is 0 Å². The van der Waals surface area contributed by atoms with Crippen molar-refractivity contribution in [3.8, 4) is 0 Å². The van der Waals surface area contributed by atoms with E-state index in [0.29, 0.717) is 18.8 Å². The summed E-state index contributed by atoms with van der Waals surface area (Å²) < 4.78 is 15.6. The Morgan fingerprint density at radius 3 is 2.55 bits per heavy atom. The second-order valence-electron chi connectivity index (χ2n) is 8.42. The zero-order valence-corrected chi connectivity index (χ0v) is 16.9. The van der Waals surface area contributed by atoms with Crippen molar-refractivity contribution in [1.82, 2.24) is 24.7 Å². The molecule has 3 amide bonds. The van der Waals surface area contributed by atoms with Crippen molar-refractivity contribution in [2.24, 2.45) is 0 Å². The molecule has 2 aromatic rings. The Balaban J connectivity index is 1.44. The number of alkyl halides is 1. The van der Waals surface area contributed by atoms with Crippen molar-refractivity contribution in [2.75, 3.05) is 44.2 Å². The van der Waals surface area contributed by atoms with Crippen LogP contribution in [0.2, 0.25) is 0 Å². The third-order valence-electron chi connectivity index (χ3n) is 5.38. The number of hydrogen-bond acceptors (Lipinski definition) is 5. The van der Waals surface area contributed by atoms with E-state index in [-0.39, 0.29) is 12.3 Å².